The monoisotopic (exact) mass is 204 g/mol. The molecule has 1 aliphatic rings. The van der Waals surface area contributed by atoms with Gasteiger partial charge in [-0.2, -0.15) is 0 Å². The molecule has 15 heavy (non-hydrogen) atoms. The van der Waals surface area contributed by atoms with E-state index in [4.69, 9.17) is 0 Å². The quantitative estimate of drug-likeness (QED) is 0.741. The molecule has 0 aliphatic carbocycles. The number of benzene rings is 1. The summed E-state index contributed by atoms with van der Waals surface area (Å²) < 4.78 is 0. The van der Waals surface area contributed by atoms with Crippen molar-refractivity contribution >= 4 is 5.91 Å². The van der Waals surface area contributed by atoms with E-state index in [0.29, 0.717) is 6.54 Å². The van der Waals surface area contributed by atoms with Crippen LogP contribution in [0.5, 0.6) is 0 Å². The summed E-state index contributed by atoms with van der Waals surface area (Å²) in [5.41, 5.74) is 2.60. The number of carbonyl (C=O) groups excluding carboxylic acids is 1. The Morgan fingerprint density at radius 1 is 1.40 bits per heavy atom. The molecule has 1 amide bonds. The summed E-state index contributed by atoms with van der Waals surface area (Å²) in [5.74, 6) is 0.0971. The lowest BCUT2D eigenvalue weighted by Gasteiger charge is -2.24. The first-order valence-corrected chi connectivity index (χ1v) is 5.30. The normalized spacial score (nSPS) is 21.1. The predicted octanol–water partition coefficient (Wildman–Crippen LogP) is 0.626. The van der Waals surface area contributed by atoms with Crippen molar-refractivity contribution in [1.29, 1.82) is 0 Å². The van der Waals surface area contributed by atoms with Crippen molar-refractivity contribution in [3.63, 3.8) is 0 Å². The summed E-state index contributed by atoms with van der Waals surface area (Å²) in [7, 11) is 0. The smallest absolute Gasteiger partial charge is 0.234 e. The van der Waals surface area contributed by atoms with Gasteiger partial charge in [-0.15, -0.1) is 0 Å². The molecule has 1 aromatic carbocycles. The molecule has 1 fully saturated rings. The van der Waals surface area contributed by atoms with Gasteiger partial charge in [0.15, 0.2) is 0 Å². The zero-order valence-corrected chi connectivity index (χ0v) is 8.92. The van der Waals surface area contributed by atoms with Crippen LogP contribution in [0, 0.1) is 6.92 Å². The number of rotatable bonds is 2. The van der Waals surface area contributed by atoms with Gasteiger partial charge >= 0.3 is 0 Å². The third-order valence-electron chi connectivity index (χ3n) is 2.77. The minimum atomic E-state index is 0.0971. The summed E-state index contributed by atoms with van der Waals surface area (Å²) in [6, 6.07) is 8.54. The fourth-order valence-corrected chi connectivity index (χ4v) is 1.92. The maximum atomic E-state index is 11.2. The van der Waals surface area contributed by atoms with Crippen molar-refractivity contribution in [2.75, 3.05) is 13.1 Å². The van der Waals surface area contributed by atoms with Crippen LogP contribution < -0.4 is 10.6 Å². The van der Waals surface area contributed by atoms with E-state index in [1.807, 2.05) is 12.1 Å². The van der Waals surface area contributed by atoms with Crippen molar-refractivity contribution in [3.8, 4) is 0 Å². The number of nitrogens with one attached hydrogen (secondary N) is 2. The van der Waals surface area contributed by atoms with Crippen molar-refractivity contribution in [3.05, 3.63) is 35.4 Å². The molecule has 2 rings (SSSR count). The highest BCUT2D eigenvalue weighted by atomic mass is 16.2. The van der Waals surface area contributed by atoms with Gasteiger partial charge in [0.1, 0.15) is 0 Å². The van der Waals surface area contributed by atoms with Crippen molar-refractivity contribution in [2.45, 2.75) is 19.4 Å². The van der Waals surface area contributed by atoms with Gasteiger partial charge in [0.2, 0.25) is 5.91 Å². The molecule has 0 aromatic heterocycles. The molecule has 1 unspecified atom stereocenters. The number of piperazine rings is 1. The fraction of sp³-hybridized carbons (Fsp3) is 0.417. The lowest BCUT2D eigenvalue weighted by atomic mass is 10.0. The lowest BCUT2D eigenvalue weighted by molar-refractivity contribution is -0.122. The predicted molar refractivity (Wildman–Crippen MR) is 59.7 cm³/mol. The SMILES string of the molecule is Cc1ccccc1CC1CNCC(=O)N1. The van der Waals surface area contributed by atoms with Crippen LogP contribution in [0.15, 0.2) is 24.3 Å². The molecule has 1 atom stereocenters. The lowest BCUT2D eigenvalue weighted by Crippen LogP contribution is -2.53. The first-order valence-electron chi connectivity index (χ1n) is 5.30. The van der Waals surface area contributed by atoms with Crippen LogP contribution in [-0.4, -0.2) is 25.0 Å². The Labute approximate surface area is 89.9 Å². The maximum absolute atomic E-state index is 11.2. The average molecular weight is 204 g/mol. The Hall–Kier alpha value is -1.35. The first kappa shape index (κ1) is 10.2. The van der Waals surface area contributed by atoms with Crippen LogP contribution >= 0.6 is 0 Å². The fourth-order valence-electron chi connectivity index (χ4n) is 1.92. The second kappa shape index (κ2) is 4.45. The molecular weight excluding hydrogens is 188 g/mol. The molecule has 0 saturated carbocycles. The van der Waals surface area contributed by atoms with Crippen molar-refractivity contribution in [1.82, 2.24) is 10.6 Å². The number of carbonyl (C=O) groups is 1. The third kappa shape index (κ3) is 2.57. The van der Waals surface area contributed by atoms with Crippen molar-refractivity contribution in [2.24, 2.45) is 0 Å². The van der Waals surface area contributed by atoms with E-state index in [2.05, 4.69) is 29.7 Å². The highest BCUT2D eigenvalue weighted by Gasteiger charge is 2.17. The minimum Gasteiger partial charge on any atom is -0.351 e. The molecule has 3 heteroatoms. The van der Waals surface area contributed by atoms with Crippen LogP contribution in [0.2, 0.25) is 0 Å². The van der Waals surface area contributed by atoms with Gasteiger partial charge in [-0.1, -0.05) is 24.3 Å². The largest absolute Gasteiger partial charge is 0.351 e. The van der Waals surface area contributed by atoms with E-state index in [0.717, 1.165) is 13.0 Å². The van der Waals surface area contributed by atoms with Gasteiger partial charge in [0.05, 0.1) is 6.54 Å². The van der Waals surface area contributed by atoms with Gasteiger partial charge in [0.25, 0.3) is 0 Å². The van der Waals surface area contributed by atoms with Crippen LogP contribution in [-0.2, 0) is 11.2 Å². The zero-order valence-electron chi connectivity index (χ0n) is 8.92. The molecule has 0 spiro atoms. The van der Waals surface area contributed by atoms with E-state index in [9.17, 15) is 4.79 Å². The molecular formula is C12H16N2O. The molecule has 0 radical (unpaired) electrons. The Balaban J connectivity index is 2.02. The average Bonchev–Trinajstić information content (AvgIpc) is 2.22. The summed E-state index contributed by atoms with van der Waals surface area (Å²) in [5, 5.41) is 6.10. The molecule has 0 bridgehead atoms. The Kier molecular flexibility index (Phi) is 3.02. The topological polar surface area (TPSA) is 41.1 Å². The number of amides is 1. The summed E-state index contributed by atoms with van der Waals surface area (Å²) in [4.78, 5) is 11.2. The minimum absolute atomic E-state index is 0.0971. The number of hydrogen-bond donors (Lipinski definition) is 2. The van der Waals surface area contributed by atoms with Crippen LogP contribution in [0.4, 0.5) is 0 Å². The zero-order chi connectivity index (χ0) is 10.7. The van der Waals surface area contributed by atoms with Gasteiger partial charge in [-0.25, -0.2) is 0 Å². The highest BCUT2D eigenvalue weighted by Crippen LogP contribution is 2.10. The van der Waals surface area contributed by atoms with Crippen LogP contribution in [0.1, 0.15) is 11.1 Å². The molecule has 80 valence electrons. The van der Waals surface area contributed by atoms with Gasteiger partial charge in [-0.3, -0.25) is 4.79 Å². The van der Waals surface area contributed by atoms with E-state index >= 15 is 0 Å². The Bertz CT molecular complexity index is 362. The molecule has 1 heterocycles. The van der Waals surface area contributed by atoms with Gasteiger partial charge in [0, 0.05) is 12.6 Å². The Morgan fingerprint density at radius 2 is 2.20 bits per heavy atom. The maximum Gasteiger partial charge on any atom is 0.234 e. The van der Waals surface area contributed by atoms with Gasteiger partial charge in [-0.05, 0) is 24.5 Å². The van der Waals surface area contributed by atoms with E-state index in [1.54, 1.807) is 0 Å². The number of aryl methyl sites for hydroxylation is 1. The van der Waals surface area contributed by atoms with Gasteiger partial charge < -0.3 is 10.6 Å². The second-order valence-corrected chi connectivity index (χ2v) is 4.03. The summed E-state index contributed by atoms with van der Waals surface area (Å²) in [6.07, 6.45) is 0.908. The molecule has 1 aliphatic heterocycles. The van der Waals surface area contributed by atoms with Crippen LogP contribution in [0.25, 0.3) is 0 Å². The molecule has 2 N–H and O–H groups in total. The molecule has 3 nitrogen and oxygen atoms in total. The number of hydrogen-bond acceptors (Lipinski definition) is 2. The van der Waals surface area contributed by atoms with E-state index < -0.39 is 0 Å². The van der Waals surface area contributed by atoms with Crippen LogP contribution in [0.3, 0.4) is 0 Å². The van der Waals surface area contributed by atoms with Crippen molar-refractivity contribution < 1.29 is 4.79 Å². The third-order valence-corrected chi connectivity index (χ3v) is 2.77. The Morgan fingerprint density at radius 3 is 2.93 bits per heavy atom. The molecule has 1 saturated heterocycles. The summed E-state index contributed by atoms with van der Waals surface area (Å²) >= 11 is 0. The first-order chi connectivity index (χ1) is 7.25. The molecule has 1 aromatic rings. The van der Waals surface area contributed by atoms with E-state index in [1.165, 1.54) is 11.1 Å². The highest BCUT2D eigenvalue weighted by molar-refractivity contribution is 5.79. The summed E-state index contributed by atoms with van der Waals surface area (Å²) in [6.45, 7) is 3.41. The standard InChI is InChI=1S/C12H16N2O/c1-9-4-2-3-5-10(9)6-11-7-13-8-12(15)14-11/h2-5,11,13H,6-8H2,1H3,(H,14,15). The van der Waals surface area contributed by atoms with E-state index in [-0.39, 0.29) is 11.9 Å². The second-order valence-electron chi connectivity index (χ2n) is 4.03.